The van der Waals surface area contributed by atoms with E-state index < -0.39 is 18.0 Å². The van der Waals surface area contributed by atoms with Gasteiger partial charge in [0, 0.05) is 15.8 Å². The van der Waals surface area contributed by atoms with Crippen molar-refractivity contribution < 1.29 is 18.7 Å². The Kier molecular flexibility index (Phi) is 6.59. The minimum atomic E-state index is -1.02. The van der Waals surface area contributed by atoms with E-state index in [1.54, 1.807) is 19.1 Å². The van der Waals surface area contributed by atoms with Gasteiger partial charge in [-0.2, -0.15) is 5.26 Å². The van der Waals surface area contributed by atoms with E-state index in [2.05, 4.69) is 16.4 Å². The third kappa shape index (κ3) is 4.55. The smallest absolute Gasteiger partial charge is 0.339 e. The monoisotopic (exact) mass is 535 g/mol. The van der Waals surface area contributed by atoms with E-state index in [-0.39, 0.29) is 6.42 Å². The summed E-state index contributed by atoms with van der Waals surface area (Å²) in [5, 5.41) is 14.6. The zero-order valence-electron chi connectivity index (χ0n) is 21.3. The van der Waals surface area contributed by atoms with Gasteiger partial charge < -0.3 is 14.5 Å². The summed E-state index contributed by atoms with van der Waals surface area (Å²) in [5.74, 6) is -0.657. The highest BCUT2D eigenvalue weighted by atomic mass is 32.1. The van der Waals surface area contributed by atoms with Crippen LogP contribution < -0.4 is 5.32 Å². The Morgan fingerprint density at radius 1 is 1.10 bits per heavy atom. The fourth-order valence-corrected chi connectivity index (χ4v) is 6.40. The van der Waals surface area contributed by atoms with E-state index in [1.807, 2.05) is 48.5 Å². The summed E-state index contributed by atoms with van der Waals surface area (Å²) in [6.45, 7) is 1.79. The number of aryl methyl sites for hydroxylation is 1. The standard InChI is InChI=1S/C31H25N3O4S/c1-2-24(28(35)34-30-22(17-32)19-11-3-6-16-26(19)39-30)38-31(36)21-13-8-10-18-9-7-12-20(27(18)21)29-33-23-14-4-5-15-25(23)37-29/h4-5,7-10,12-15,24H,2-3,6,11,16H2,1H3,(H,34,35). The number of nitriles is 1. The molecule has 0 bridgehead atoms. The molecule has 1 N–H and O–H groups in total. The molecule has 1 amide bonds. The van der Waals surface area contributed by atoms with Gasteiger partial charge in [0.1, 0.15) is 16.6 Å². The molecule has 0 fully saturated rings. The number of rotatable bonds is 6. The van der Waals surface area contributed by atoms with E-state index >= 15 is 0 Å². The molecule has 0 aliphatic heterocycles. The normalized spacial score (nSPS) is 13.5. The second-order valence-electron chi connectivity index (χ2n) is 9.51. The summed E-state index contributed by atoms with van der Waals surface area (Å²) < 4.78 is 11.8. The van der Waals surface area contributed by atoms with Crippen molar-refractivity contribution in [1.82, 2.24) is 4.98 Å². The predicted molar refractivity (Wildman–Crippen MR) is 151 cm³/mol. The van der Waals surface area contributed by atoms with Gasteiger partial charge >= 0.3 is 5.97 Å². The highest BCUT2D eigenvalue weighted by Crippen LogP contribution is 2.38. The molecule has 0 saturated heterocycles. The number of para-hydroxylation sites is 2. The van der Waals surface area contributed by atoms with Gasteiger partial charge in [0.2, 0.25) is 5.89 Å². The van der Waals surface area contributed by atoms with E-state index in [0.717, 1.165) is 47.0 Å². The van der Waals surface area contributed by atoms with Crippen LogP contribution in [0, 0.1) is 11.3 Å². The van der Waals surface area contributed by atoms with Gasteiger partial charge in [0.15, 0.2) is 11.7 Å². The number of nitrogens with zero attached hydrogens (tertiary/aromatic N) is 2. The molecule has 0 radical (unpaired) electrons. The number of amides is 1. The predicted octanol–water partition coefficient (Wildman–Crippen LogP) is 7.03. The molecule has 3 aromatic carbocycles. The lowest BCUT2D eigenvalue weighted by atomic mass is 9.96. The number of oxazole rings is 1. The summed E-state index contributed by atoms with van der Waals surface area (Å²) in [4.78, 5) is 32.5. The number of nitrogens with one attached hydrogen (secondary N) is 1. The molecule has 2 aromatic heterocycles. The maximum absolute atomic E-state index is 13.5. The molecule has 1 aliphatic rings. The summed E-state index contributed by atoms with van der Waals surface area (Å²) in [5.41, 5.74) is 3.92. The molecule has 6 rings (SSSR count). The molecular formula is C31H25N3O4S. The molecule has 1 atom stereocenters. The third-order valence-corrected chi connectivity index (χ3v) is 8.29. The summed E-state index contributed by atoms with van der Waals surface area (Å²) >= 11 is 1.45. The number of carbonyl (C=O) groups excluding carboxylic acids is 2. The number of benzene rings is 3. The van der Waals surface area contributed by atoms with Crippen LogP contribution in [0.2, 0.25) is 0 Å². The van der Waals surface area contributed by atoms with E-state index in [0.29, 0.717) is 38.6 Å². The molecule has 1 aliphatic carbocycles. The Balaban J connectivity index is 1.30. The minimum absolute atomic E-state index is 0.285. The molecule has 0 saturated carbocycles. The van der Waals surface area contributed by atoms with Gasteiger partial charge in [-0.15, -0.1) is 11.3 Å². The van der Waals surface area contributed by atoms with Gasteiger partial charge in [-0.3, -0.25) is 4.79 Å². The van der Waals surface area contributed by atoms with Crippen LogP contribution in [0.5, 0.6) is 0 Å². The fourth-order valence-electron chi connectivity index (χ4n) is 5.16. The molecule has 194 valence electrons. The number of hydrogen-bond acceptors (Lipinski definition) is 7. The van der Waals surface area contributed by atoms with E-state index in [1.165, 1.54) is 11.3 Å². The van der Waals surface area contributed by atoms with Crippen molar-refractivity contribution >= 4 is 50.1 Å². The van der Waals surface area contributed by atoms with E-state index in [9.17, 15) is 14.9 Å². The van der Waals surface area contributed by atoms with Crippen LogP contribution in [-0.4, -0.2) is 23.0 Å². The SMILES string of the molecule is CCC(OC(=O)c1cccc2cccc(-c3nc4ccccc4o3)c12)C(=O)Nc1sc2c(c1C#N)CCCC2. The zero-order valence-corrected chi connectivity index (χ0v) is 22.1. The summed E-state index contributed by atoms with van der Waals surface area (Å²) in [6, 6.07) is 20.8. The molecule has 7 nitrogen and oxygen atoms in total. The Morgan fingerprint density at radius 2 is 1.90 bits per heavy atom. The number of thiophene rings is 1. The van der Waals surface area contributed by atoms with Crippen LogP contribution in [0.1, 0.15) is 52.5 Å². The van der Waals surface area contributed by atoms with Crippen LogP contribution in [0.4, 0.5) is 5.00 Å². The average Bonchev–Trinajstić information content (AvgIpc) is 3.55. The average molecular weight is 536 g/mol. The van der Waals surface area contributed by atoms with Crippen molar-refractivity contribution in [2.24, 2.45) is 0 Å². The lowest BCUT2D eigenvalue weighted by Gasteiger charge is -2.17. The van der Waals surface area contributed by atoms with E-state index in [4.69, 9.17) is 9.15 Å². The number of hydrogen-bond donors (Lipinski definition) is 1. The molecule has 39 heavy (non-hydrogen) atoms. The lowest BCUT2D eigenvalue weighted by Crippen LogP contribution is -2.32. The van der Waals surface area contributed by atoms with Crippen LogP contribution in [-0.2, 0) is 22.4 Å². The quantitative estimate of drug-likeness (QED) is 0.234. The topological polar surface area (TPSA) is 105 Å². The molecular weight excluding hydrogens is 510 g/mol. The summed E-state index contributed by atoms with van der Waals surface area (Å²) in [7, 11) is 0. The number of aromatic nitrogens is 1. The van der Waals surface area contributed by atoms with Crippen LogP contribution in [0.15, 0.2) is 65.1 Å². The fraction of sp³-hybridized carbons (Fsp3) is 0.226. The third-order valence-electron chi connectivity index (χ3n) is 7.08. The van der Waals surface area contributed by atoms with Gasteiger partial charge in [-0.05, 0) is 67.3 Å². The maximum atomic E-state index is 13.5. The summed E-state index contributed by atoms with van der Waals surface area (Å²) in [6.07, 6.45) is 3.15. The first-order valence-electron chi connectivity index (χ1n) is 13.0. The van der Waals surface area contributed by atoms with Crippen LogP contribution in [0.3, 0.4) is 0 Å². The van der Waals surface area contributed by atoms with Crippen molar-refractivity contribution in [3.05, 3.63) is 82.2 Å². The molecule has 8 heteroatoms. The number of fused-ring (bicyclic) bond motifs is 3. The highest BCUT2D eigenvalue weighted by Gasteiger charge is 2.27. The first-order valence-corrected chi connectivity index (χ1v) is 13.8. The Labute approximate surface area is 229 Å². The largest absolute Gasteiger partial charge is 0.449 e. The highest BCUT2D eigenvalue weighted by molar-refractivity contribution is 7.16. The van der Waals surface area contributed by atoms with Crippen molar-refractivity contribution in [2.75, 3.05) is 5.32 Å². The van der Waals surface area contributed by atoms with Gasteiger partial charge in [-0.25, -0.2) is 9.78 Å². The van der Waals surface area contributed by atoms with Gasteiger partial charge in [0.25, 0.3) is 5.91 Å². The number of ether oxygens (including phenoxy) is 1. The zero-order chi connectivity index (χ0) is 26.9. The first kappa shape index (κ1) is 24.8. The molecule has 5 aromatic rings. The van der Waals surface area contributed by atoms with Crippen molar-refractivity contribution in [3.63, 3.8) is 0 Å². The Bertz CT molecular complexity index is 1740. The number of carbonyl (C=O) groups is 2. The van der Waals surface area contributed by atoms with Gasteiger partial charge in [0.05, 0.1) is 11.1 Å². The molecule has 1 unspecified atom stereocenters. The Morgan fingerprint density at radius 3 is 2.69 bits per heavy atom. The van der Waals surface area contributed by atoms with Crippen molar-refractivity contribution in [3.8, 4) is 17.5 Å². The number of esters is 1. The lowest BCUT2D eigenvalue weighted by molar-refractivity contribution is -0.124. The molecule has 2 heterocycles. The van der Waals surface area contributed by atoms with Crippen LogP contribution in [0.25, 0.3) is 33.3 Å². The van der Waals surface area contributed by atoms with Crippen molar-refractivity contribution in [1.29, 1.82) is 5.26 Å². The minimum Gasteiger partial charge on any atom is -0.449 e. The molecule has 0 spiro atoms. The van der Waals surface area contributed by atoms with Gasteiger partial charge in [-0.1, -0.05) is 43.3 Å². The maximum Gasteiger partial charge on any atom is 0.339 e. The first-order chi connectivity index (χ1) is 19.1. The van der Waals surface area contributed by atoms with Crippen LogP contribution >= 0.6 is 11.3 Å². The van der Waals surface area contributed by atoms with Crippen molar-refractivity contribution in [2.45, 2.75) is 45.1 Å². The second-order valence-corrected chi connectivity index (χ2v) is 10.6. The number of anilines is 1. The Hall–Kier alpha value is -4.48. The second kappa shape index (κ2) is 10.4.